The lowest BCUT2D eigenvalue weighted by Gasteiger charge is -2.27. The number of hydrogen-bond donors (Lipinski definition) is 1. The molecule has 0 spiro atoms. The topological polar surface area (TPSA) is 92.8 Å². The minimum atomic E-state index is -3.92. The zero-order chi connectivity index (χ0) is 26.1. The van der Waals surface area contributed by atoms with E-state index < -0.39 is 34.0 Å². The van der Waals surface area contributed by atoms with E-state index >= 15 is 0 Å². The quantitative estimate of drug-likeness (QED) is 0.412. The molecule has 7 nitrogen and oxygen atoms in total. The second kappa shape index (κ2) is 12.5. The maximum atomic E-state index is 13.4. The van der Waals surface area contributed by atoms with Gasteiger partial charge in [-0.15, -0.1) is 0 Å². The van der Waals surface area contributed by atoms with Crippen molar-refractivity contribution in [1.82, 2.24) is 9.62 Å². The molecule has 0 unspecified atom stereocenters. The van der Waals surface area contributed by atoms with Crippen LogP contribution in [0.25, 0.3) is 0 Å². The monoisotopic (exact) mass is 508 g/mol. The van der Waals surface area contributed by atoms with E-state index in [0.717, 1.165) is 21.0 Å². The molecule has 0 aliphatic carbocycles. The summed E-state index contributed by atoms with van der Waals surface area (Å²) >= 11 is 0. The number of aryl methyl sites for hydroxylation is 1. The third-order valence-corrected chi connectivity index (χ3v) is 7.73. The number of carbonyl (C=O) groups excluding carboxylic acids is 2. The molecule has 3 rings (SSSR count). The first-order valence-electron chi connectivity index (χ1n) is 11.8. The van der Waals surface area contributed by atoms with Gasteiger partial charge in [-0.3, -0.25) is 4.79 Å². The van der Waals surface area contributed by atoms with Crippen molar-refractivity contribution in [2.45, 2.75) is 50.8 Å². The van der Waals surface area contributed by atoms with Crippen LogP contribution in [0.2, 0.25) is 0 Å². The maximum absolute atomic E-state index is 13.4. The van der Waals surface area contributed by atoms with E-state index in [2.05, 4.69) is 5.32 Å². The summed E-state index contributed by atoms with van der Waals surface area (Å²) in [5, 5.41) is 2.65. The van der Waals surface area contributed by atoms with Crippen molar-refractivity contribution >= 4 is 21.9 Å². The van der Waals surface area contributed by atoms with Crippen molar-refractivity contribution in [2.75, 3.05) is 6.54 Å². The largest absolute Gasteiger partial charge is 0.445 e. The highest BCUT2D eigenvalue weighted by atomic mass is 32.2. The molecule has 0 saturated carbocycles. The van der Waals surface area contributed by atoms with Crippen molar-refractivity contribution in [1.29, 1.82) is 0 Å². The number of hydrogen-bond acceptors (Lipinski definition) is 5. The van der Waals surface area contributed by atoms with E-state index in [9.17, 15) is 18.0 Å². The summed E-state index contributed by atoms with van der Waals surface area (Å²) in [7, 11) is -3.92. The lowest BCUT2D eigenvalue weighted by molar-refractivity contribution is -0.121. The van der Waals surface area contributed by atoms with Gasteiger partial charge in [-0.25, -0.2) is 13.2 Å². The SMILES string of the molecule is Cc1ccc(S(=O)(=O)N(CC(=O)[C@H](Cc2ccccc2)NC(=O)OCc2ccccc2)C(C)C)cc1. The Kier molecular flexibility index (Phi) is 9.38. The number of Topliss-reactive ketones (excluding diaryl/α,β-unsaturated/α-hetero) is 1. The number of ketones is 1. The van der Waals surface area contributed by atoms with Crippen LogP contribution in [-0.4, -0.2) is 43.2 Å². The van der Waals surface area contributed by atoms with E-state index in [-0.39, 0.29) is 24.5 Å². The molecule has 0 radical (unpaired) electrons. The van der Waals surface area contributed by atoms with Crippen LogP contribution in [-0.2, 0) is 32.6 Å². The lowest BCUT2D eigenvalue weighted by atomic mass is 10.0. The van der Waals surface area contributed by atoms with Gasteiger partial charge in [0.2, 0.25) is 10.0 Å². The third kappa shape index (κ3) is 7.50. The minimum Gasteiger partial charge on any atom is -0.445 e. The predicted molar refractivity (Wildman–Crippen MR) is 139 cm³/mol. The Morgan fingerprint density at radius 2 is 1.42 bits per heavy atom. The summed E-state index contributed by atoms with van der Waals surface area (Å²) < 4.78 is 33.2. The van der Waals surface area contributed by atoms with Gasteiger partial charge in [0, 0.05) is 6.04 Å². The summed E-state index contributed by atoms with van der Waals surface area (Å²) in [6, 6.07) is 23.5. The molecule has 3 aromatic rings. The van der Waals surface area contributed by atoms with Crippen molar-refractivity contribution < 1.29 is 22.7 Å². The second-order valence-corrected chi connectivity index (χ2v) is 10.8. The molecule has 1 atom stereocenters. The first-order chi connectivity index (χ1) is 17.2. The molecule has 0 heterocycles. The van der Waals surface area contributed by atoms with Crippen LogP contribution in [0, 0.1) is 6.92 Å². The molecule has 0 bridgehead atoms. The zero-order valence-electron chi connectivity index (χ0n) is 20.8. The van der Waals surface area contributed by atoms with Crippen molar-refractivity contribution in [3.05, 3.63) is 102 Å². The Morgan fingerprint density at radius 3 is 1.97 bits per heavy atom. The fourth-order valence-corrected chi connectivity index (χ4v) is 5.26. The maximum Gasteiger partial charge on any atom is 0.408 e. The highest BCUT2D eigenvalue weighted by Crippen LogP contribution is 2.19. The number of benzene rings is 3. The van der Waals surface area contributed by atoms with Crippen LogP contribution < -0.4 is 5.32 Å². The van der Waals surface area contributed by atoms with Crippen LogP contribution in [0.1, 0.15) is 30.5 Å². The molecule has 0 aliphatic rings. The normalized spacial score (nSPS) is 12.4. The Hall–Kier alpha value is -3.49. The van der Waals surface area contributed by atoms with Gasteiger partial charge in [0.05, 0.1) is 17.5 Å². The summed E-state index contributed by atoms with van der Waals surface area (Å²) in [5.74, 6) is -0.431. The molecule has 8 heteroatoms. The molecule has 0 fully saturated rings. The van der Waals surface area contributed by atoms with E-state index in [0.29, 0.717) is 0 Å². The van der Waals surface area contributed by atoms with Crippen molar-refractivity contribution in [3.63, 3.8) is 0 Å². The molecule has 0 aliphatic heterocycles. The van der Waals surface area contributed by atoms with Gasteiger partial charge in [-0.2, -0.15) is 4.31 Å². The number of alkyl carbamates (subject to hydrolysis) is 1. The number of amides is 1. The van der Waals surface area contributed by atoms with Gasteiger partial charge in [0.25, 0.3) is 0 Å². The molecule has 3 aromatic carbocycles. The van der Waals surface area contributed by atoms with E-state index in [1.807, 2.05) is 67.6 Å². The second-order valence-electron chi connectivity index (χ2n) is 8.87. The molecular weight excluding hydrogens is 476 g/mol. The summed E-state index contributed by atoms with van der Waals surface area (Å²) in [6.07, 6.45) is -0.540. The average molecular weight is 509 g/mol. The van der Waals surface area contributed by atoms with E-state index in [4.69, 9.17) is 4.74 Å². The number of ether oxygens (including phenoxy) is 1. The molecule has 190 valence electrons. The number of sulfonamides is 1. The molecular formula is C28H32N2O5S. The van der Waals surface area contributed by atoms with Crippen LogP contribution in [0.4, 0.5) is 4.79 Å². The fraction of sp³-hybridized carbons (Fsp3) is 0.286. The van der Waals surface area contributed by atoms with Gasteiger partial charge in [-0.1, -0.05) is 78.4 Å². The van der Waals surface area contributed by atoms with Gasteiger partial charge in [0.15, 0.2) is 5.78 Å². The third-order valence-electron chi connectivity index (χ3n) is 5.69. The number of carbonyl (C=O) groups is 2. The molecule has 0 saturated heterocycles. The Balaban J connectivity index is 1.78. The number of nitrogens with zero attached hydrogens (tertiary/aromatic N) is 1. The first kappa shape index (κ1) is 27.1. The Labute approximate surface area is 213 Å². The van der Waals surface area contributed by atoms with Gasteiger partial charge < -0.3 is 10.1 Å². The molecule has 0 aromatic heterocycles. The minimum absolute atomic E-state index is 0.0544. The highest BCUT2D eigenvalue weighted by molar-refractivity contribution is 7.89. The van der Waals surface area contributed by atoms with Crippen LogP contribution in [0.15, 0.2) is 89.8 Å². The van der Waals surface area contributed by atoms with Crippen LogP contribution in [0.5, 0.6) is 0 Å². The number of nitrogens with one attached hydrogen (secondary N) is 1. The molecule has 1 N–H and O–H groups in total. The highest BCUT2D eigenvalue weighted by Gasteiger charge is 2.32. The standard InChI is InChI=1S/C28H32N2O5S/c1-21(2)30(36(33,34)25-16-14-22(3)15-17-25)19-27(31)26(18-23-10-6-4-7-11-23)29-28(32)35-20-24-12-8-5-9-13-24/h4-17,21,26H,18-20H2,1-3H3,(H,29,32)/t26-/m0/s1. The van der Waals surface area contributed by atoms with Crippen molar-refractivity contribution in [3.8, 4) is 0 Å². The van der Waals surface area contributed by atoms with Crippen molar-refractivity contribution in [2.24, 2.45) is 0 Å². The number of rotatable bonds is 11. The first-order valence-corrected chi connectivity index (χ1v) is 13.2. The van der Waals surface area contributed by atoms with Crippen LogP contribution >= 0.6 is 0 Å². The molecule has 36 heavy (non-hydrogen) atoms. The van der Waals surface area contributed by atoms with Gasteiger partial charge in [-0.05, 0) is 50.5 Å². The predicted octanol–water partition coefficient (Wildman–Crippen LogP) is 4.50. The molecule has 1 amide bonds. The summed E-state index contributed by atoms with van der Waals surface area (Å²) in [4.78, 5) is 26.1. The Bertz CT molecular complexity index is 1240. The smallest absolute Gasteiger partial charge is 0.408 e. The Morgan fingerprint density at radius 1 is 0.861 bits per heavy atom. The van der Waals surface area contributed by atoms with Gasteiger partial charge in [0.1, 0.15) is 6.61 Å². The zero-order valence-corrected chi connectivity index (χ0v) is 21.6. The van der Waals surface area contributed by atoms with E-state index in [1.54, 1.807) is 26.0 Å². The average Bonchev–Trinajstić information content (AvgIpc) is 2.86. The summed E-state index contributed by atoms with van der Waals surface area (Å²) in [5.41, 5.74) is 2.58. The summed E-state index contributed by atoms with van der Waals surface area (Å²) in [6.45, 7) is 4.97. The van der Waals surface area contributed by atoms with Gasteiger partial charge >= 0.3 is 6.09 Å². The fourth-order valence-electron chi connectivity index (χ4n) is 3.66. The lowest BCUT2D eigenvalue weighted by Crippen LogP contribution is -2.49. The van der Waals surface area contributed by atoms with E-state index in [1.165, 1.54) is 12.1 Å². The van der Waals surface area contributed by atoms with Crippen LogP contribution in [0.3, 0.4) is 0 Å².